The van der Waals surface area contributed by atoms with E-state index in [1.165, 1.54) is 17.5 Å². The summed E-state index contributed by atoms with van der Waals surface area (Å²) in [5, 5.41) is 25.3. The Morgan fingerprint density at radius 2 is 2.23 bits per heavy atom. The second kappa shape index (κ2) is 6.28. The third kappa shape index (κ3) is 2.88. The Kier molecular flexibility index (Phi) is 4.20. The standard InChI is InChI=1S/C15H16N4O2S/c16-7-5-10-1-3-11(4-2-10)18-14-13(19(20)21)9-17-12-6-8-22-15(12)14/h6,8-11H,1-5H2,(H,17,18)/t10-,11-. The van der Waals surface area contributed by atoms with E-state index in [9.17, 15) is 10.1 Å². The molecule has 1 saturated carbocycles. The summed E-state index contributed by atoms with van der Waals surface area (Å²) >= 11 is 1.47. The molecule has 0 atom stereocenters. The van der Waals surface area contributed by atoms with Crippen molar-refractivity contribution in [1.82, 2.24) is 4.98 Å². The average molecular weight is 316 g/mol. The van der Waals surface area contributed by atoms with Gasteiger partial charge in [-0.3, -0.25) is 10.1 Å². The van der Waals surface area contributed by atoms with Crippen molar-refractivity contribution in [2.45, 2.75) is 38.1 Å². The number of nitro groups is 1. The largest absolute Gasteiger partial charge is 0.375 e. The minimum absolute atomic E-state index is 0.0362. The van der Waals surface area contributed by atoms with Gasteiger partial charge in [0.2, 0.25) is 0 Å². The van der Waals surface area contributed by atoms with Crippen molar-refractivity contribution < 1.29 is 4.92 Å². The number of nitriles is 1. The highest BCUT2D eigenvalue weighted by Crippen LogP contribution is 2.37. The van der Waals surface area contributed by atoms with Crippen LogP contribution in [0.4, 0.5) is 11.4 Å². The van der Waals surface area contributed by atoms with Gasteiger partial charge in [-0.2, -0.15) is 5.26 Å². The lowest BCUT2D eigenvalue weighted by atomic mass is 9.84. The first kappa shape index (κ1) is 14.7. The van der Waals surface area contributed by atoms with Gasteiger partial charge in [0.15, 0.2) is 0 Å². The number of fused-ring (bicyclic) bond motifs is 1. The van der Waals surface area contributed by atoms with Gasteiger partial charge in [0.25, 0.3) is 0 Å². The first-order valence-electron chi connectivity index (χ1n) is 7.33. The first-order chi connectivity index (χ1) is 10.7. The SMILES string of the molecule is N#CC[C@H]1CC[C@H](Nc2c([N+](=O)[O-])cnc3ccsc23)CC1. The van der Waals surface area contributed by atoms with Crippen LogP contribution in [0.3, 0.4) is 0 Å². The maximum absolute atomic E-state index is 11.3. The molecule has 0 spiro atoms. The molecule has 0 bridgehead atoms. The fraction of sp³-hybridized carbons (Fsp3) is 0.467. The molecular weight excluding hydrogens is 300 g/mol. The number of rotatable bonds is 4. The fourth-order valence-corrected chi connectivity index (χ4v) is 3.88. The molecule has 0 saturated heterocycles. The summed E-state index contributed by atoms with van der Waals surface area (Å²) in [6.45, 7) is 0. The number of nitrogens with zero attached hydrogens (tertiary/aromatic N) is 3. The Balaban J connectivity index is 1.82. The van der Waals surface area contributed by atoms with E-state index in [4.69, 9.17) is 5.26 Å². The Bertz CT molecular complexity index is 729. The highest BCUT2D eigenvalue weighted by atomic mass is 32.1. The number of pyridine rings is 1. The molecule has 22 heavy (non-hydrogen) atoms. The van der Waals surface area contributed by atoms with E-state index >= 15 is 0 Å². The van der Waals surface area contributed by atoms with Gasteiger partial charge in [0.1, 0.15) is 11.9 Å². The van der Waals surface area contributed by atoms with Crippen LogP contribution in [0.25, 0.3) is 10.2 Å². The molecule has 0 unspecified atom stereocenters. The second-order valence-electron chi connectivity index (χ2n) is 5.63. The quantitative estimate of drug-likeness (QED) is 0.677. The summed E-state index contributed by atoms with van der Waals surface area (Å²) in [5.74, 6) is 0.470. The van der Waals surface area contributed by atoms with Crippen LogP contribution >= 0.6 is 11.3 Å². The van der Waals surface area contributed by atoms with E-state index < -0.39 is 0 Å². The zero-order valence-electron chi connectivity index (χ0n) is 12.0. The topological polar surface area (TPSA) is 91.8 Å². The maximum Gasteiger partial charge on any atom is 0.311 e. The summed E-state index contributed by atoms with van der Waals surface area (Å²) in [6.07, 6.45) is 5.82. The second-order valence-corrected chi connectivity index (χ2v) is 6.55. The van der Waals surface area contributed by atoms with E-state index in [2.05, 4.69) is 16.4 Å². The third-order valence-corrected chi connectivity index (χ3v) is 5.15. The zero-order valence-corrected chi connectivity index (χ0v) is 12.8. The molecule has 1 fully saturated rings. The van der Waals surface area contributed by atoms with E-state index in [1.807, 2.05) is 11.4 Å². The van der Waals surface area contributed by atoms with Gasteiger partial charge in [-0.15, -0.1) is 11.3 Å². The van der Waals surface area contributed by atoms with E-state index in [-0.39, 0.29) is 16.7 Å². The molecule has 2 aromatic heterocycles. The van der Waals surface area contributed by atoms with Crippen molar-refractivity contribution in [2.75, 3.05) is 5.32 Å². The molecule has 1 aliphatic carbocycles. The molecule has 114 valence electrons. The Labute approximate surface area is 131 Å². The van der Waals surface area contributed by atoms with Crippen LogP contribution in [-0.2, 0) is 0 Å². The van der Waals surface area contributed by atoms with E-state index in [1.54, 1.807) is 0 Å². The number of nitrogens with one attached hydrogen (secondary N) is 1. The Morgan fingerprint density at radius 1 is 1.45 bits per heavy atom. The van der Waals surface area contributed by atoms with E-state index in [0.717, 1.165) is 35.9 Å². The molecule has 6 nitrogen and oxygen atoms in total. The Morgan fingerprint density at radius 3 is 2.91 bits per heavy atom. The molecule has 0 aliphatic heterocycles. The molecule has 1 aliphatic rings. The predicted octanol–water partition coefficient (Wildman–Crippen LogP) is 4.09. The number of hydrogen-bond acceptors (Lipinski definition) is 6. The van der Waals surface area contributed by atoms with Crippen LogP contribution in [-0.4, -0.2) is 15.9 Å². The van der Waals surface area contributed by atoms with Gasteiger partial charge in [0.05, 0.1) is 21.2 Å². The van der Waals surface area contributed by atoms with Crippen LogP contribution in [0.2, 0.25) is 0 Å². The van der Waals surface area contributed by atoms with Crippen molar-refractivity contribution >= 4 is 32.9 Å². The molecule has 0 amide bonds. The average Bonchev–Trinajstić information content (AvgIpc) is 2.98. The van der Waals surface area contributed by atoms with Gasteiger partial charge >= 0.3 is 5.69 Å². The van der Waals surface area contributed by atoms with Crippen molar-refractivity contribution in [1.29, 1.82) is 5.26 Å². The number of hydrogen-bond donors (Lipinski definition) is 1. The molecular formula is C15H16N4O2S. The minimum atomic E-state index is -0.379. The van der Waals surface area contributed by atoms with Gasteiger partial charge in [-0.05, 0) is 43.0 Å². The van der Waals surface area contributed by atoms with Crippen LogP contribution < -0.4 is 5.32 Å². The number of aromatic nitrogens is 1. The Hall–Kier alpha value is -2.20. The fourth-order valence-electron chi connectivity index (χ4n) is 3.02. The van der Waals surface area contributed by atoms with Crippen LogP contribution in [0.5, 0.6) is 0 Å². The lowest BCUT2D eigenvalue weighted by molar-refractivity contribution is -0.384. The van der Waals surface area contributed by atoms with Gasteiger partial charge in [-0.1, -0.05) is 0 Å². The predicted molar refractivity (Wildman–Crippen MR) is 85.9 cm³/mol. The van der Waals surface area contributed by atoms with Gasteiger partial charge in [0, 0.05) is 12.5 Å². The van der Waals surface area contributed by atoms with Crippen molar-refractivity contribution in [2.24, 2.45) is 5.92 Å². The van der Waals surface area contributed by atoms with Crippen molar-refractivity contribution in [3.63, 3.8) is 0 Å². The summed E-state index contributed by atoms with van der Waals surface area (Å²) < 4.78 is 0.841. The van der Waals surface area contributed by atoms with Gasteiger partial charge in [-0.25, -0.2) is 4.98 Å². The van der Waals surface area contributed by atoms with Crippen LogP contribution in [0.15, 0.2) is 17.6 Å². The van der Waals surface area contributed by atoms with Gasteiger partial charge < -0.3 is 5.32 Å². The lowest BCUT2D eigenvalue weighted by Crippen LogP contribution is -2.26. The zero-order chi connectivity index (χ0) is 15.5. The summed E-state index contributed by atoms with van der Waals surface area (Å²) in [7, 11) is 0. The number of thiophene rings is 1. The van der Waals surface area contributed by atoms with Crippen molar-refractivity contribution in [3.8, 4) is 6.07 Å². The molecule has 0 radical (unpaired) electrons. The number of anilines is 1. The summed E-state index contributed by atoms with van der Waals surface area (Å²) in [6, 6.07) is 4.33. The smallest absolute Gasteiger partial charge is 0.311 e. The normalized spacial score (nSPS) is 21.4. The minimum Gasteiger partial charge on any atom is -0.375 e. The molecule has 2 aromatic rings. The highest BCUT2D eigenvalue weighted by Gasteiger charge is 2.25. The highest BCUT2D eigenvalue weighted by molar-refractivity contribution is 7.17. The third-order valence-electron chi connectivity index (χ3n) is 4.23. The molecule has 1 N–H and O–H groups in total. The monoisotopic (exact) mass is 316 g/mol. The van der Waals surface area contributed by atoms with E-state index in [0.29, 0.717) is 18.0 Å². The molecule has 0 aromatic carbocycles. The summed E-state index contributed by atoms with van der Waals surface area (Å²) in [5.41, 5.74) is 1.42. The van der Waals surface area contributed by atoms with Crippen LogP contribution in [0, 0.1) is 27.4 Å². The first-order valence-corrected chi connectivity index (χ1v) is 8.21. The van der Waals surface area contributed by atoms with Crippen LogP contribution in [0.1, 0.15) is 32.1 Å². The molecule has 7 heteroatoms. The molecule has 3 rings (SSSR count). The maximum atomic E-state index is 11.3. The lowest BCUT2D eigenvalue weighted by Gasteiger charge is -2.28. The summed E-state index contributed by atoms with van der Waals surface area (Å²) in [4.78, 5) is 15.0. The van der Waals surface area contributed by atoms with Crippen molar-refractivity contribution in [3.05, 3.63) is 27.8 Å². The molecule has 2 heterocycles.